The maximum atomic E-state index is 11.9. The van der Waals surface area contributed by atoms with Gasteiger partial charge in [-0.15, -0.1) is 0 Å². The Hall–Kier alpha value is -0.810. The molecule has 1 heterocycles. The highest BCUT2D eigenvalue weighted by Gasteiger charge is 2.27. The second-order valence-corrected chi connectivity index (χ2v) is 5.86. The minimum atomic E-state index is -0.432. The molecule has 5 nitrogen and oxygen atoms in total. The van der Waals surface area contributed by atoms with Crippen LogP contribution < -0.4 is 0 Å². The quantitative estimate of drug-likeness (QED) is 0.829. The van der Waals surface area contributed by atoms with Crippen molar-refractivity contribution in [2.75, 3.05) is 32.8 Å². The van der Waals surface area contributed by atoms with Gasteiger partial charge in [0.25, 0.3) is 0 Å². The van der Waals surface area contributed by atoms with Crippen LogP contribution in [0, 0.1) is 0 Å². The van der Waals surface area contributed by atoms with E-state index in [-0.39, 0.29) is 12.7 Å². The summed E-state index contributed by atoms with van der Waals surface area (Å²) in [6, 6.07) is 0.371. The first kappa shape index (κ1) is 15.2. The van der Waals surface area contributed by atoms with Crippen molar-refractivity contribution in [3.05, 3.63) is 0 Å². The molecule has 1 N–H and O–H groups in total. The topological polar surface area (TPSA) is 53.0 Å². The highest BCUT2D eigenvalue weighted by atomic mass is 16.6. The van der Waals surface area contributed by atoms with Gasteiger partial charge in [0.1, 0.15) is 5.60 Å². The van der Waals surface area contributed by atoms with Gasteiger partial charge >= 0.3 is 6.09 Å². The molecule has 5 heteroatoms. The van der Waals surface area contributed by atoms with E-state index in [0.29, 0.717) is 19.1 Å². The maximum Gasteiger partial charge on any atom is 0.410 e. The SMILES string of the molecule is CC(CCO)N1CCN(C(=O)OC(C)(C)C)CC1. The first-order valence-electron chi connectivity index (χ1n) is 6.66. The molecule has 1 aliphatic rings. The molecule has 18 heavy (non-hydrogen) atoms. The third kappa shape index (κ3) is 4.82. The summed E-state index contributed by atoms with van der Waals surface area (Å²) in [5, 5.41) is 8.92. The molecule has 1 rings (SSSR count). The molecule has 106 valence electrons. The van der Waals surface area contributed by atoms with Gasteiger partial charge in [-0.05, 0) is 34.1 Å². The molecule has 0 aromatic heterocycles. The Labute approximate surface area is 110 Å². The summed E-state index contributed by atoms with van der Waals surface area (Å²) in [6.45, 7) is 11.1. The molecule has 0 spiro atoms. The monoisotopic (exact) mass is 258 g/mol. The third-order valence-electron chi connectivity index (χ3n) is 3.14. The van der Waals surface area contributed by atoms with Crippen LogP contribution in [-0.4, -0.2) is 65.4 Å². The van der Waals surface area contributed by atoms with Crippen molar-refractivity contribution < 1.29 is 14.6 Å². The summed E-state index contributed by atoms with van der Waals surface area (Å²) in [6.07, 6.45) is 0.559. The van der Waals surface area contributed by atoms with Crippen LogP contribution in [0.4, 0.5) is 4.79 Å². The molecule has 0 aromatic rings. The van der Waals surface area contributed by atoms with Crippen LogP contribution >= 0.6 is 0 Å². The van der Waals surface area contributed by atoms with Gasteiger partial charge in [-0.3, -0.25) is 4.90 Å². The van der Waals surface area contributed by atoms with E-state index < -0.39 is 5.60 Å². The zero-order valence-corrected chi connectivity index (χ0v) is 12.0. The number of nitrogens with zero attached hydrogens (tertiary/aromatic N) is 2. The lowest BCUT2D eigenvalue weighted by Crippen LogP contribution is -2.52. The zero-order valence-electron chi connectivity index (χ0n) is 12.0. The molecule has 1 fully saturated rings. The first-order valence-corrected chi connectivity index (χ1v) is 6.66. The summed E-state index contributed by atoms with van der Waals surface area (Å²) in [4.78, 5) is 15.9. The van der Waals surface area contributed by atoms with Crippen LogP contribution in [0.2, 0.25) is 0 Å². The number of ether oxygens (including phenoxy) is 1. The molecule has 0 bridgehead atoms. The number of carbonyl (C=O) groups is 1. The van der Waals surface area contributed by atoms with E-state index in [9.17, 15) is 4.79 Å². The minimum Gasteiger partial charge on any atom is -0.444 e. The highest BCUT2D eigenvalue weighted by molar-refractivity contribution is 5.68. The fourth-order valence-electron chi connectivity index (χ4n) is 2.04. The van der Waals surface area contributed by atoms with Crippen molar-refractivity contribution >= 4 is 6.09 Å². The van der Waals surface area contributed by atoms with E-state index in [1.807, 2.05) is 20.8 Å². The minimum absolute atomic E-state index is 0.216. The second-order valence-electron chi connectivity index (χ2n) is 5.86. The van der Waals surface area contributed by atoms with Crippen molar-refractivity contribution in [2.45, 2.75) is 45.8 Å². The lowest BCUT2D eigenvalue weighted by Gasteiger charge is -2.38. The van der Waals surface area contributed by atoms with Gasteiger partial charge in [0.15, 0.2) is 0 Å². The Morgan fingerprint density at radius 3 is 2.28 bits per heavy atom. The number of piperazine rings is 1. The number of hydrogen-bond donors (Lipinski definition) is 1. The van der Waals surface area contributed by atoms with E-state index in [2.05, 4.69) is 11.8 Å². The third-order valence-corrected chi connectivity index (χ3v) is 3.14. The van der Waals surface area contributed by atoms with Crippen molar-refractivity contribution in [1.82, 2.24) is 9.80 Å². The summed E-state index contributed by atoms with van der Waals surface area (Å²) in [5.74, 6) is 0. The Balaban J connectivity index is 2.37. The molecular formula is C13H26N2O3. The summed E-state index contributed by atoms with van der Waals surface area (Å²) >= 11 is 0. The fraction of sp³-hybridized carbons (Fsp3) is 0.923. The second kappa shape index (κ2) is 6.38. The summed E-state index contributed by atoms with van der Waals surface area (Å²) < 4.78 is 5.35. The lowest BCUT2D eigenvalue weighted by molar-refractivity contribution is 0.00995. The van der Waals surface area contributed by atoms with Crippen LogP contribution in [-0.2, 0) is 4.74 Å². The Bertz CT molecular complexity index is 268. The number of hydrogen-bond acceptors (Lipinski definition) is 4. The predicted octanol–water partition coefficient (Wildman–Crippen LogP) is 1.31. The van der Waals surface area contributed by atoms with E-state index in [4.69, 9.17) is 9.84 Å². The average molecular weight is 258 g/mol. The van der Waals surface area contributed by atoms with Gasteiger partial charge in [0.05, 0.1) is 0 Å². The van der Waals surface area contributed by atoms with E-state index in [0.717, 1.165) is 19.5 Å². The van der Waals surface area contributed by atoms with Crippen LogP contribution in [0.3, 0.4) is 0 Å². The largest absolute Gasteiger partial charge is 0.444 e. The van der Waals surface area contributed by atoms with Gasteiger partial charge in [-0.25, -0.2) is 4.79 Å². The molecule has 0 aromatic carbocycles. The number of rotatable bonds is 3. The zero-order chi connectivity index (χ0) is 13.8. The molecule has 1 saturated heterocycles. The van der Waals surface area contributed by atoms with E-state index in [1.165, 1.54) is 0 Å². The number of carbonyl (C=O) groups excluding carboxylic acids is 1. The number of aliphatic hydroxyl groups is 1. The van der Waals surface area contributed by atoms with Crippen LogP contribution in [0.1, 0.15) is 34.1 Å². The summed E-state index contributed by atoms with van der Waals surface area (Å²) in [5.41, 5.74) is -0.432. The fourth-order valence-corrected chi connectivity index (χ4v) is 2.04. The van der Waals surface area contributed by atoms with Gasteiger partial charge in [-0.2, -0.15) is 0 Å². The van der Waals surface area contributed by atoms with Crippen molar-refractivity contribution in [3.63, 3.8) is 0 Å². The molecule has 0 saturated carbocycles. The molecule has 0 aliphatic carbocycles. The molecule has 0 radical (unpaired) electrons. The average Bonchev–Trinajstić information content (AvgIpc) is 2.27. The van der Waals surface area contributed by atoms with E-state index in [1.54, 1.807) is 4.90 Å². The van der Waals surface area contributed by atoms with Crippen molar-refractivity contribution in [1.29, 1.82) is 0 Å². The van der Waals surface area contributed by atoms with Crippen LogP contribution in [0.5, 0.6) is 0 Å². The van der Waals surface area contributed by atoms with Gasteiger partial charge in [0, 0.05) is 38.8 Å². The van der Waals surface area contributed by atoms with Crippen LogP contribution in [0.15, 0.2) is 0 Å². The Kier molecular flexibility index (Phi) is 5.41. The van der Waals surface area contributed by atoms with Crippen LogP contribution in [0.25, 0.3) is 0 Å². The lowest BCUT2D eigenvalue weighted by atomic mass is 10.2. The summed E-state index contributed by atoms with van der Waals surface area (Å²) in [7, 11) is 0. The Morgan fingerprint density at radius 2 is 1.83 bits per heavy atom. The molecule has 1 atom stereocenters. The molecule has 1 unspecified atom stereocenters. The molecular weight excluding hydrogens is 232 g/mol. The van der Waals surface area contributed by atoms with Crippen molar-refractivity contribution in [2.24, 2.45) is 0 Å². The standard InChI is InChI=1S/C13H26N2O3/c1-11(5-10-16)14-6-8-15(9-7-14)12(17)18-13(2,3)4/h11,16H,5-10H2,1-4H3. The normalized spacial score (nSPS) is 19.7. The molecule has 1 aliphatic heterocycles. The predicted molar refractivity (Wildman–Crippen MR) is 70.5 cm³/mol. The highest BCUT2D eigenvalue weighted by Crippen LogP contribution is 2.13. The smallest absolute Gasteiger partial charge is 0.410 e. The number of aliphatic hydroxyl groups excluding tert-OH is 1. The Morgan fingerprint density at radius 1 is 1.28 bits per heavy atom. The van der Waals surface area contributed by atoms with Crippen molar-refractivity contribution in [3.8, 4) is 0 Å². The van der Waals surface area contributed by atoms with E-state index >= 15 is 0 Å². The molecule has 1 amide bonds. The maximum absolute atomic E-state index is 11.9. The first-order chi connectivity index (χ1) is 8.33. The van der Waals surface area contributed by atoms with Gasteiger partial charge in [0.2, 0.25) is 0 Å². The van der Waals surface area contributed by atoms with Gasteiger partial charge < -0.3 is 14.7 Å². The van der Waals surface area contributed by atoms with Gasteiger partial charge in [-0.1, -0.05) is 0 Å². The number of amides is 1.